The lowest BCUT2D eigenvalue weighted by molar-refractivity contribution is 0.200. The molecule has 0 radical (unpaired) electrons. The summed E-state index contributed by atoms with van der Waals surface area (Å²) in [5.41, 5.74) is 2.54. The maximum Gasteiger partial charge on any atom is 0.123 e. The first-order valence-corrected chi connectivity index (χ1v) is 4.61. The molecular weight excluding hydrogens is 180 g/mol. The molecule has 1 rings (SSSR count). The number of aryl methyl sites for hydroxylation is 1. The summed E-state index contributed by atoms with van der Waals surface area (Å²) in [5.74, 6) is 1.05. The summed E-state index contributed by atoms with van der Waals surface area (Å²) in [5, 5.41) is 18.3. The molecule has 0 amide bonds. The summed E-state index contributed by atoms with van der Waals surface area (Å²) in [6.45, 7) is 5.85. The van der Waals surface area contributed by atoms with E-state index in [1.165, 1.54) is 0 Å². The largest absolute Gasteiger partial charge is 0.507 e. The Hall–Kier alpha value is -1.22. The zero-order valence-electron chi connectivity index (χ0n) is 8.79. The molecule has 3 heteroatoms. The Morgan fingerprint density at radius 1 is 1.21 bits per heavy atom. The van der Waals surface area contributed by atoms with Gasteiger partial charge in [0.2, 0.25) is 0 Å². The van der Waals surface area contributed by atoms with Crippen molar-refractivity contribution in [2.45, 2.75) is 20.8 Å². The number of hydrogen-bond acceptors (Lipinski definition) is 3. The van der Waals surface area contributed by atoms with Gasteiger partial charge in [-0.3, -0.25) is 0 Å². The van der Waals surface area contributed by atoms with Gasteiger partial charge in [-0.15, -0.1) is 0 Å². The standard InChI is InChI=1S/C11H16O3/c1-7-6-10(14-5-4-12)8(2)9(3)11(7)13/h6,12-13H,4-5H2,1-3H3. The van der Waals surface area contributed by atoms with Gasteiger partial charge in [-0.1, -0.05) is 0 Å². The number of aromatic hydroxyl groups is 1. The number of hydrogen-bond donors (Lipinski definition) is 2. The van der Waals surface area contributed by atoms with Gasteiger partial charge in [0.1, 0.15) is 18.1 Å². The Morgan fingerprint density at radius 2 is 1.86 bits per heavy atom. The Balaban J connectivity index is 3.06. The Kier molecular flexibility index (Phi) is 3.36. The second kappa shape index (κ2) is 4.33. The first-order valence-electron chi connectivity index (χ1n) is 4.61. The maximum atomic E-state index is 9.63. The fraction of sp³-hybridized carbons (Fsp3) is 0.455. The van der Waals surface area contributed by atoms with Crippen molar-refractivity contribution in [3.63, 3.8) is 0 Å². The van der Waals surface area contributed by atoms with Gasteiger partial charge in [0.15, 0.2) is 0 Å². The van der Waals surface area contributed by atoms with Crippen molar-refractivity contribution < 1.29 is 14.9 Å². The average Bonchev–Trinajstić information content (AvgIpc) is 2.18. The van der Waals surface area contributed by atoms with Gasteiger partial charge in [-0.25, -0.2) is 0 Å². The number of phenolic OH excluding ortho intramolecular Hbond substituents is 1. The van der Waals surface area contributed by atoms with Gasteiger partial charge in [-0.05, 0) is 43.5 Å². The molecule has 3 nitrogen and oxygen atoms in total. The predicted octanol–water partition coefficient (Wildman–Crippen LogP) is 1.69. The molecule has 2 N–H and O–H groups in total. The highest BCUT2D eigenvalue weighted by molar-refractivity contribution is 5.51. The molecule has 1 aromatic rings. The molecular formula is C11H16O3. The molecule has 0 unspecified atom stereocenters. The van der Waals surface area contributed by atoms with E-state index in [0.29, 0.717) is 5.75 Å². The lowest BCUT2D eigenvalue weighted by Crippen LogP contribution is -2.04. The molecule has 0 fully saturated rings. The quantitative estimate of drug-likeness (QED) is 0.773. The molecule has 0 aliphatic carbocycles. The van der Waals surface area contributed by atoms with Crippen LogP contribution in [0.1, 0.15) is 16.7 Å². The molecule has 0 aromatic heterocycles. The second-order valence-corrected chi connectivity index (χ2v) is 3.36. The smallest absolute Gasteiger partial charge is 0.123 e. The van der Waals surface area contributed by atoms with Crippen LogP contribution in [0.3, 0.4) is 0 Å². The van der Waals surface area contributed by atoms with Crippen LogP contribution in [-0.4, -0.2) is 23.4 Å². The van der Waals surface area contributed by atoms with Crippen LogP contribution >= 0.6 is 0 Å². The van der Waals surface area contributed by atoms with E-state index in [-0.39, 0.29) is 13.2 Å². The van der Waals surface area contributed by atoms with Gasteiger partial charge in [-0.2, -0.15) is 0 Å². The van der Waals surface area contributed by atoms with Crippen LogP contribution in [0.15, 0.2) is 6.07 Å². The minimum absolute atomic E-state index is 0.00158. The highest BCUT2D eigenvalue weighted by atomic mass is 16.5. The molecule has 1 aromatic carbocycles. The summed E-state index contributed by atoms with van der Waals surface area (Å²) >= 11 is 0. The third-order valence-corrected chi connectivity index (χ3v) is 2.36. The third kappa shape index (κ3) is 1.99. The summed E-state index contributed by atoms with van der Waals surface area (Å²) in [6, 6.07) is 1.79. The van der Waals surface area contributed by atoms with E-state index >= 15 is 0 Å². The van der Waals surface area contributed by atoms with E-state index in [0.717, 1.165) is 22.4 Å². The Labute approximate surface area is 84.0 Å². The molecule has 78 valence electrons. The normalized spacial score (nSPS) is 10.3. The van der Waals surface area contributed by atoms with E-state index in [1.54, 1.807) is 6.07 Å². The van der Waals surface area contributed by atoms with E-state index in [4.69, 9.17) is 9.84 Å². The van der Waals surface area contributed by atoms with Gasteiger partial charge in [0, 0.05) is 0 Å². The fourth-order valence-corrected chi connectivity index (χ4v) is 1.34. The minimum atomic E-state index is -0.00158. The van der Waals surface area contributed by atoms with Crippen LogP contribution in [0.5, 0.6) is 11.5 Å². The third-order valence-electron chi connectivity index (χ3n) is 2.36. The number of aliphatic hydroxyl groups excluding tert-OH is 1. The van der Waals surface area contributed by atoms with Crippen molar-refractivity contribution in [3.8, 4) is 11.5 Å². The van der Waals surface area contributed by atoms with Crippen LogP contribution in [0, 0.1) is 20.8 Å². The molecule has 0 aliphatic rings. The first-order chi connectivity index (χ1) is 6.57. The van der Waals surface area contributed by atoms with Gasteiger partial charge in [0.05, 0.1) is 6.61 Å². The predicted molar refractivity (Wildman–Crippen MR) is 54.9 cm³/mol. The van der Waals surface area contributed by atoms with E-state index in [1.807, 2.05) is 20.8 Å². The fourth-order valence-electron chi connectivity index (χ4n) is 1.34. The summed E-state index contributed by atoms with van der Waals surface area (Å²) < 4.78 is 5.34. The highest BCUT2D eigenvalue weighted by Gasteiger charge is 2.09. The van der Waals surface area contributed by atoms with Crippen LogP contribution in [0.4, 0.5) is 0 Å². The summed E-state index contributed by atoms with van der Waals surface area (Å²) in [7, 11) is 0. The van der Waals surface area contributed by atoms with Crippen LogP contribution in [0.2, 0.25) is 0 Å². The van der Waals surface area contributed by atoms with E-state index < -0.39 is 0 Å². The maximum absolute atomic E-state index is 9.63. The van der Waals surface area contributed by atoms with Crippen molar-refractivity contribution in [1.29, 1.82) is 0 Å². The van der Waals surface area contributed by atoms with Crippen molar-refractivity contribution >= 4 is 0 Å². The van der Waals surface area contributed by atoms with E-state index in [9.17, 15) is 5.11 Å². The average molecular weight is 196 g/mol. The molecule has 14 heavy (non-hydrogen) atoms. The molecule has 0 saturated carbocycles. The topological polar surface area (TPSA) is 49.7 Å². The monoisotopic (exact) mass is 196 g/mol. The van der Waals surface area contributed by atoms with Gasteiger partial charge >= 0.3 is 0 Å². The zero-order chi connectivity index (χ0) is 10.7. The molecule has 0 bridgehead atoms. The molecule has 0 spiro atoms. The minimum Gasteiger partial charge on any atom is -0.507 e. The number of phenols is 1. The van der Waals surface area contributed by atoms with Crippen LogP contribution < -0.4 is 4.74 Å². The highest BCUT2D eigenvalue weighted by Crippen LogP contribution is 2.31. The number of benzene rings is 1. The summed E-state index contributed by atoms with van der Waals surface area (Å²) in [6.07, 6.45) is 0. The molecule has 0 heterocycles. The van der Waals surface area contributed by atoms with Crippen LogP contribution in [-0.2, 0) is 0 Å². The number of rotatable bonds is 3. The molecule has 0 saturated heterocycles. The number of aliphatic hydroxyl groups is 1. The van der Waals surface area contributed by atoms with Crippen molar-refractivity contribution in [1.82, 2.24) is 0 Å². The van der Waals surface area contributed by atoms with Crippen molar-refractivity contribution in [3.05, 3.63) is 22.8 Å². The van der Waals surface area contributed by atoms with Crippen molar-refractivity contribution in [2.24, 2.45) is 0 Å². The second-order valence-electron chi connectivity index (χ2n) is 3.36. The molecule has 0 aliphatic heterocycles. The summed E-state index contributed by atoms with van der Waals surface area (Å²) in [4.78, 5) is 0. The van der Waals surface area contributed by atoms with Gasteiger partial charge in [0.25, 0.3) is 0 Å². The van der Waals surface area contributed by atoms with Gasteiger partial charge < -0.3 is 14.9 Å². The number of ether oxygens (including phenoxy) is 1. The Bertz CT molecular complexity index is 332. The Morgan fingerprint density at radius 3 is 2.43 bits per heavy atom. The van der Waals surface area contributed by atoms with Crippen molar-refractivity contribution in [2.75, 3.05) is 13.2 Å². The SMILES string of the molecule is Cc1cc(OCCO)c(C)c(C)c1O. The lowest BCUT2D eigenvalue weighted by Gasteiger charge is -2.13. The first kappa shape index (κ1) is 10.9. The zero-order valence-corrected chi connectivity index (χ0v) is 8.79. The molecule has 0 atom stereocenters. The van der Waals surface area contributed by atoms with Crippen LogP contribution in [0.25, 0.3) is 0 Å². The van der Waals surface area contributed by atoms with E-state index in [2.05, 4.69) is 0 Å². The lowest BCUT2D eigenvalue weighted by atomic mass is 10.0.